The molecule has 0 spiro atoms. The van der Waals surface area contributed by atoms with Crippen molar-refractivity contribution in [1.82, 2.24) is 0 Å². The van der Waals surface area contributed by atoms with Crippen LogP contribution in [0, 0.1) is 5.92 Å². The molecule has 0 fully saturated rings. The summed E-state index contributed by atoms with van der Waals surface area (Å²) in [4.78, 5) is 0. The first-order valence-electron chi connectivity index (χ1n) is 3.36. The van der Waals surface area contributed by atoms with E-state index in [4.69, 9.17) is 0 Å². The molecular formula is C7H16S3. The number of hydrogen-bond acceptors (Lipinski definition) is 3. The lowest BCUT2D eigenvalue weighted by molar-refractivity contribution is 0.452. The fraction of sp³-hybridized carbons (Fsp3) is 1.00. The molecule has 0 amide bonds. The van der Waals surface area contributed by atoms with Crippen LogP contribution in [0.5, 0.6) is 0 Å². The van der Waals surface area contributed by atoms with Gasteiger partial charge in [0, 0.05) is 4.75 Å². The summed E-state index contributed by atoms with van der Waals surface area (Å²) >= 11 is 13.2. The smallest absolute Gasteiger partial charge is 0.0667 e. The summed E-state index contributed by atoms with van der Waals surface area (Å²) in [6.07, 6.45) is 0. The van der Waals surface area contributed by atoms with E-state index in [9.17, 15) is 0 Å². The predicted molar refractivity (Wildman–Crippen MR) is 58.6 cm³/mol. The molecule has 0 saturated carbocycles. The van der Waals surface area contributed by atoms with Gasteiger partial charge in [0.05, 0.1) is 4.08 Å². The first-order valence-corrected chi connectivity index (χ1v) is 4.71. The third kappa shape index (κ3) is 2.28. The van der Waals surface area contributed by atoms with Crippen LogP contribution < -0.4 is 0 Å². The van der Waals surface area contributed by atoms with E-state index in [0.717, 1.165) is 0 Å². The lowest BCUT2D eigenvalue weighted by Crippen LogP contribution is -2.41. The average molecular weight is 196 g/mol. The van der Waals surface area contributed by atoms with Gasteiger partial charge in [-0.1, -0.05) is 13.8 Å². The Hall–Kier alpha value is 1.05. The zero-order valence-electron chi connectivity index (χ0n) is 6.92. The van der Waals surface area contributed by atoms with Crippen LogP contribution in [0.1, 0.15) is 27.7 Å². The van der Waals surface area contributed by atoms with E-state index >= 15 is 0 Å². The molecule has 0 bridgehead atoms. The minimum Gasteiger partial charge on any atom is -0.170 e. The molecule has 0 aromatic rings. The Bertz CT molecular complexity index is 111. The molecule has 62 valence electrons. The maximum absolute atomic E-state index is 4.51. The molecule has 3 heteroatoms. The van der Waals surface area contributed by atoms with E-state index in [2.05, 4.69) is 58.7 Å². The highest BCUT2D eigenvalue weighted by atomic mass is 32.2. The first kappa shape index (κ1) is 11.1. The van der Waals surface area contributed by atoms with Gasteiger partial charge in [0.1, 0.15) is 0 Å². The second kappa shape index (κ2) is 3.20. The summed E-state index contributed by atoms with van der Waals surface area (Å²) in [5.41, 5.74) is 0. The summed E-state index contributed by atoms with van der Waals surface area (Å²) in [6, 6.07) is 0. The Kier molecular flexibility index (Phi) is 3.53. The molecule has 0 rings (SSSR count). The molecule has 0 heterocycles. The Morgan fingerprint density at radius 3 is 1.30 bits per heavy atom. The molecule has 0 aliphatic carbocycles. The molecule has 0 radical (unpaired) electrons. The molecule has 0 aliphatic heterocycles. The van der Waals surface area contributed by atoms with Gasteiger partial charge in [-0.05, 0) is 19.8 Å². The van der Waals surface area contributed by atoms with Crippen molar-refractivity contribution in [2.75, 3.05) is 0 Å². The average Bonchev–Trinajstić information content (AvgIpc) is 1.62. The van der Waals surface area contributed by atoms with Crippen molar-refractivity contribution >= 4 is 37.9 Å². The highest BCUT2D eigenvalue weighted by Crippen LogP contribution is 2.42. The summed E-state index contributed by atoms with van der Waals surface area (Å²) in [5.74, 6) is 0.468. The predicted octanol–water partition coefficient (Wildman–Crippen LogP) is 2.91. The maximum atomic E-state index is 4.51. The Morgan fingerprint density at radius 2 is 1.30 bits per heavy atom. The Labute approximate surface area is 80.4 Å². The molecule has 0 aliphatic rings. The van der Waals surface area contributed by atoms with Crippen LogP contribution in [0.2, 0.25) is 0 Å². The van der Waals surface area contributed by atoms with E-state index in [0.29, 0.717) is 5.92 Å². The van der Waals surface area contributed by atoms with Crippen LogP contribution in [0.3, 0.4) is 0 Å². The molecule has 0 saturated heterocycles. The Morgan fingerprint density at radius 1 is 1.00 bits per heavy atom. The third-order valence-electron chi connectivity index (χ3n) is 2.08. The fourth-order valence-electron chi connectivity index (χ4n) is 0.547. The maximum Gasteiger partial charge on any atom is 0.0667 e. The van der Waals surface area contributed by atoms with Gasteiger partial charge in [-0.3, -0.25) is 0 Å². The van der Waals surface area contributed by atoms with E-state index in [1.807, 2.05) is 6.92 Å². The highest BCUT2D eigenvalue weighted by molar-refractivity contribution is 8.02. The zero-order chi connectivity index (χ0) is 8.58. The van der Waals surface area contributed by atoms with E-state index in [-0.39, 0.29) is 8.83 Å². The van der Waals surface area contributed by atoms with Gasteiger partial charge in [0.25, 0.3) is 0 Å². The number of rotatable bonds is 2. The molecule has 0 aromatic heterocycles. The SMILES string of the molecule is CC(C)C(C)(S)C(C)(S)S. The van der Waals surface area contributed by atoms with Gasteiger partial charge in [0.15, 0.2) is 0 Å². The van der Waals surface area contributed by atoms with Gasteiger partial charge >= 0.3 is 0 Å². The van der Waals surface area contributed by atoms with E-state index in [1.54, 1.807) is 0 Å². The largest absolute Gasteiger partial charge is 0.170 e. The van der Waals surface area contributed by atoms with Crippen LogP contribution in [-0.4, -0.2) is 8.83 Å². The van der Waals surface area contributed by atoms with Crippen molar-refractivity contribution < 1.29 is 0 Å². The summed E-state index contributed by atoms with van der Waals surface area (Å²) < 4.78 is -0.469. The second-order valence-corrected chi connectivity index (χ2v) is 6.39. The normalized spacial score (nSPS) is 19.2. The summed E-state index contributed by atoms with van der Waals surface area (Å²) in [7, 11) is 0. The van der Waals surface area contributed by atoms with Crippen molar-refractivity contribution in [3.8, 4) is 0 Å². The van der Waals surface area contributed by atoms with Crippen molar-refractivity contribution in [3.05, 3.63) is 0 Å². The topological polar surface area (TPSA) is 0 Å². The first-order chi connectivity index (χ1) is 4.19. The Balaban J connectivity index is 4.40. The summed E-state index contributed by atoms with van der Waals surface area (Å²) in [5, 5.41) is 0. The fourth-order valence-corrected chi connectivity index (χ4v) is 1.06. The van der Waals surface area contributed by atoms with Crippen LogP contribution in [0.4, 0.5) is 0 Å². The highest BCUT2D eigenvalue weighted by Gasteiger charge is 2.38. The molecular weight excluding hydrogens is 180 g/mol. The lowest BCUT2D eigenvalue weighted by Gasteiger charge is -2.39. The number of thiol groups is 3. The van der Waals surface area contributed by atoms with Crippen LogP contribution in [-0.2, 0) is 0 Å². The quantitative estimate of drug-likeness (QED) is 0.439. The van der Waals surface area contributed by atoms with Crippen molar-refractivity contribution in [3.63, 3.8) is 0 Å². The molecule has 1 unspecified atom stereocenters. The van der Waals surface area contributed by atoms with Gasteiger partial charge in [0.2, 0.25) is 0 Å². The number of hydrogen-bond donors (Lipinski definition) is 3. The summed E-state index contributed by atoms with van der Waals surface area (Å²) in [6.45, 7) is 8.27. The van der Waals surface area contributed by atoms with E-state index in [1.165, 1.54) is 0 Å². The molecule has 0 nitrogen and oxygen atoms in total. The zero-order valence-corrected chi connectivity index (χ0v) is 9.60. The standard InChI is InChI=1S/C7H16S3/c1-5(2)6(3,8)7(4,9)10/h5,8-10H,1-4H3. The third-order valence-corrected chi connectivity index (χ3v) is 4.33. The van der Waals surface area contributed by atoms with Gasteiger partial charge in [-0.2, -0.15) is 37.9 Å². The lowest BCUT2D eigenvalue weighted by atomic mass is 9.93. The van der Waals surface area contributed by atoms with Crippen molar-refractivity contribution in [2.45, 2.75) is 36.5 Å². The molecule has 0 aromatic carbocycles. The second-order valence-electron chi connectivity index (χ2n) is 3.32. The van der Waals surface area contributed by atoms with Gasteiger partial charge in [-0.25, -0.2) is 0 Å². The van der Waals surface area contributed by atoms with Crippen molar-refractivity contribution in [1.29, 1.82) is 0 Å². The van der Waals surface area contributed by atoms with Crippen LogP contribution >= 0.6 is 37.9 Å². The van der Waals surface area contributed by atoms with Gasteiger partial charge in [-0.15, -0.1) is 0 Å². The minimum absolute atomic E-state index is 0.140. The molecule has 0 N–H and O–H groups in total. The van der Waals surface area contributed by atoms with Crippen molar-refractivity contribution in [2.24, 2.45) is 5.92 Å². The van der Waals surface area contributed by atoms with Crippen LogP contribution in [0.25, 0.3) is 0 Å². The molecule has 10 heavy (non-hydrogen) atoms. The molecule has 1 atom stereocenters. The van der Waals surface area contributed by atoms with E-state index < -0.39 is 0 Å². The minimum atomic E-state index is -0.329. The monoisotopic (exact) mass is 196 g/mol. The van der Waals surface area contributed by atoms with Crippen LogP contribution in [0.15, 0.2) is 0 Å². The van der Waals surface area contributed by atoms with Gasteiger partial charge < -0.3 is 0 Å².